The maximum atomic E-state index is 6.45. The fourth-order valence-electron chi connectivity index (χ4n) is 2.78. The van der Waals surface area contributed by atoms with Crippen molar-refractivity contribution < 1.29 is 4.43 Å². The van der Waals surface area contributed by atoms with Crippen molar-refractivity contribution in [3.05, 3.63) is 24.8 Å². The van der Waals surface area contributed by atoms with Gasteiger partial charge in [-0.25, -0.2) is 0 Å². The normalized spacial score (nSPS) is 19.9. The molecule has 0 bridgehead atoms. The molecule has 0 saturated heterocycles. The Labute approximate surface area is 108 Å². The van der Waals surface area contributed by atoms with Crippen LogP contribution in [0.15, 0.2) is 24.8 Å². The molecule has 0 aromatic rings. The standard InChI is InChI=1S/C15H28OSi/c1-6-12-17(4,5)16-15(13(2)3)14-10-8-7-9-11-14/h6,14-15H,1-2,7-12H2,3-5H3. The van der Waals surface area contributed by atoms with E-state index in [0.29, 0.717) is 5.92 Å². The molecule has 1 rings (SSSR count). The number of hydrogen-bond acceptors (Lipinski definition) is 1. The zero-order chi connectivity index (χ0) is 12.9. The average molecular weight is 252 g/mol. The van der Waals surface area contributed by atoms with Gasteiger partial charge in [0.2, 0.25) is 0 Å². The summed E-state index contributed by atoms with van der Waals surface area (Å²) in [6.45, 7) is 14.7. The third kappa shape index (κ3) is 4.80. The van der Waals surface area contributed by atoms with Gasteiger partial charge in [0.1, 0.15) is 0 Å². The van der Waals surface area contributed by atoms with Crippen molar-refractivity contribution in [3.8, 4) is 0 Å². The summed E-state index contributed by atoms with van der Waals surface area (Å²) in [7, 11) is -1.59. The predicted octanol–water partition coefficient (Wildman–Crippen LogP) is 4.92. The van der Waals surface area contributed by atoms with Crippen molar-refractivity contribution in [1.29, 1.82) is 0 Å². The van der Waals surface area contributed by atoms with E-state index in [1.807, 2.05) is 6.08 Å². The van der Waals surface area contributed by atoms with E-state index in [1.165, 1.54) is 37.7 Å². The van der Waals surface area contributed by atoms with E-state index in [2.05, 4.69) is 33.2 Å². The molecule has 1 aliphatic carbocycles. The molecule has 1 atom stereocenters. The topological polar surface area (TPSA) is 9.23 Å². The Kier molecular flexibility index (Phi) is 5.67. The Morgan fingerprint density at radius 2 is 1.94 bits per heavy atom. The average Bonchev–Trinajstić information content (AvgIpc) is 2.27. The van der Waals surface area contributed by atoms with Crippen LogP contribution in [0.3, 0.4) is 0 Å². The SMILES string of the molecule is C=CC[Si](C)(C)OC(C(=C)C)C1CCCCC1. The van der Waals surface area contributed by atoms with Gasteiger partial charge in [-0.05, 0) is 44.8 Å². The van der Waals surface area contributed by atoms with Crippen LogP contribution in [-0.2, 0) is 4.43 Å². The zero-order valence-corrected chi connectivity index (χ0v) is 12.8. The lowest BCUT2D eigenvalue weighted by molar-refractivity contribution is 0.130. The summed E-state index contributed by atoms with van der Waals surface area (Å²) in [5.74, 6) is 0.706. The van der Waals surface area contributed by atoms with E-state index < -0.39 is 8.32 Å². The number of allylic oxidation sites excluding steroid dienone is 1. The van der Waals surface area contributed by atoms with E-state index >= 15 is 0 Å². The molecule has 0 aromatic heterocycles. The van der Waals surface area contributed by atoms with Crippen LogP contribution in [0.25, 0.3) is 0 Å². The second kappa shape index (κ2) is 6.55. The van der Waals surface area contributed by atoms with Gasteiger partial charge in [0.05, 0.1) is 6.10 Å². The van der Waals surface area contributed by atoms with Crippen LogP contribution in [0.4, 0.5) is 0 Å². The van der Waals surface area contributed by atoms with Gasteiger partial charge in [-0.3, -0.25) is 0 Å². The number of hydrogen-bond donors (Lipinski definition) is 0. The summed E-state index contributed by atoms with van der Waals surface area (Å²) >= 11 is 0. The summed E-state index contributed by atoms with van der Waals surface area (Å²) in [5, 5.41) is 0. The second-order valence-corrected chi connectivity index (χ2v) is 10.2. The van der Waals surface area contributed by atoms with Gasteiger partial charge in [0.25, 0.3) is 0 Å². The van der Waals surface area contributed by atoms with Crippen molar-refractivity contribution in [1.82, 2.24) is 0 Å². The minimum Gasteiger partial charge on any atom is -0.410 e. The van der Waals surface area contributed by atoms with E-state index in [4.69, 9.17) is 4.43 Å². The van der Waals surface area contributed by atoms with Crippen LogP contribution < -0.4 is 0 Å². The molecule has 1 aliphatic rings. The molecule has 0 spiro atoms. The lowest BCUT2D eigenvalue weighted by Gasteiger charge is -2.36. The van der Waals surface area contributed by atoms with E-state index in [-0.39, 0.29) is 6.10 Å². The predicted molar refractivity (Wildman–Crippen MR) is 78.7 cm³/mol. The van der Waals surface area contributed by atoms with Crippen molar-refractivity contribution in [2.75, 3.05) is 0 Å². The van der Waals surface area contributed by atoms with Gasteiger partial charge in [-0.1, -0.05) is 37.5 Å². The van der Waals surface area contributed by atoms with Crippen LogP contribution in [0.1, 0.15) is 39.0 Å². The first kappa shape index (κ1) is 14.7. The minimum atomic E-state index is -1.59. The third-order valence-electron chi connectivity index (χ3n) is 3.65. The molecule has 1 saturated carbocycles. The first-order chi connectivity index (χ1) is 7.96. The Morgan fingerprint density at radius 1 is 1.35 bits per heavy atom. The fraction of sp³-hybridized carbons (Fsp3) is 0.733. The lowest BCUT2D eigenvalue weighted by Crippen LogP contribution is -2.39. The van der Waals surface area contributed by atoms with Crippen LogP contribution in [0, 0.1) is 5.92 Å². The number of rotatable bonds is 6. The van der Waals surface area contributed by atoms with Crippen LogP contribution in [0.2, 0.25) is 19.1 Å². The molecule has 2 heteroatoms. The van der Waals surface area contributed by atoms with Gasteiger partial charge in [0, 0.05) is 0 Å². The Hall–Kier alpha value is -0.343. The largest absolute Gasteiger partial charge is 0.410 e. The van der Waals surface area contributed by atoms with Crippen molar-refractivity contribution >= 4 is 8.32 Å². The van der Waals surface area contributed by atoms with E-state index in [9.17, 15) is 0 Å². The third-order valence-corrected chi connectivity index (χ3v) is 5.81. The summed E-state index contributed by atoms with van der Waals surface area (Å²) < 4.78 is 6.45. The monoisotopic (exact) mass is 252 g/mol. The fourth-order valence-corrected chi connectivity index (χ4v) is 4.65. The highest BCUT2D eigenvalue weighted by Crippen LogP contribution is 2.33. The molecule has 0 radical (unpaired) electrons. The van der Waals surface area contributed by atoms with Gasteiger partial charge in [0.15, 0.2) is 8.32 Å². The molecular formula is C15H28OSi. The van der Waals surface area contributed by atoms with Gasteiger partial charge in [-0.15, -0.1) is 6.58 Å². The molecule has 0 heterocycles. The quantitative estimate of drug-likeness (QED) is 0.481. The zero-order valence-electron chi connectivity index (χ0n) is 11.8. The smallest absolute Gasteiger partial charge is 0.191 e. The molecule has 1 unspecified atom stereocenters. The van der Waals surface area contributed by atoms with Gasteiger partial charge < -0.3 is 4.43 Å². The molecule has 98 valence electrons. The van der Waals surface area contributed by atoms with Gasteiger partial charge in [-0.2, -0.15) is 0 Å². The highest BCUT2D eigenvalue weighted by Gasteiger charge is 2.31. The summed E-state index contributed by atoms with van der Waals surface area (Å²) in [6.07, 6.45) is 9.04. The molecular weight excluding hydrogens is 224 g/mol. The minimum absolute atomic E-state index is 0.289. The lowest BCUT2D eigenvalue weighted by atomic mass is 9.83. The van der Waals surface area contributed by atoms with Crippen molar-refractivity contribution in [2.45, 2.75) is 64.3 Å². The highest BCUT2D eigenvalue weighted by atomic mass is 28.4. The van der Waals surface area contributed by atoms with Crippen molar-refractivity contribution in [3.63, 3.8) is 0 Å². The molecule has 1 fully saturated rings. The summed E-state index contributed by atoms with van der Waals surface area (Å²) in [6, 6.07) is 1.03. The highest BCUT2D eigenvalue weighted by molar-refractivity contribution is 6.71. The Bertz CT molecular complexity index is 264. The van der Waals surface area contributed by atoms with Gasteiger partial charge >= 0.3 is 0 Å². The summed E-state index contributed by atoms with van der Waals surface area (Å²) in [5.41, 5.74) is 1.21. The van der Waals surface area contributed by atoms with Crippen LogP contribution in [0.5, 0.6) is 0 Å². The molecule has 0 aromatic carbocycles. The first-order valence-electron chi connectivity index (χ1n) is 6.90. The summed E-state index contributed by atoms with van der Waals surface area (Å²) in [4.78, 5) is 0. The van der Waals surface area contributed by atoms with E-state index in [1.54, 1.807) is 0 Å². The maximum Gasteiger partial charge on any atom is 0.191 e. The van der Waals surface area contributed by atoms with Crippen LogP contribution in [-0.4, -0.2) is 14.4 Å². The molecule has 0 amide bonds. The first-order valence-corrected chi connectivity index (χ1v) is 10.0. The van der Waals surface area contributed by atoms with E-state index in [0.717, 1.165) is 6.04 Å². The molecule has 1 nitrogen and oxygen atoms in total. The van der Waals surface area contributed by atoms with Crippen LogP contribution >= 0.6 is 0 Å². The Balaban J connectivity index is 2.65. The van der Waals surface area contributed by atoms with Crippen molar-refractivity contribution in [2.24, 2.45) is 5.92 Å². The second-order valence-electron chi connectivity index (χ2n) is 6.04. The molecule has 0 aliphatic heterocycles. The molecule has 0 N–H and O–H groups in total. The maximum absolute atomic E-state index is 6.45. The molecule has 17 heavy (non-hydrogen) atoms. The Morgan fingerprint density at radius 3 is 2.41 bits per heavy atom.